The number of benzene rings is 4. The average Bonchev–Trinajstić information content (AvgIpc) is 2.84. The second kappa shape index (κ2) is 11.1. The molecule has 1 N–H and O–H groups in total. The smallest absolute Gasteiger partial charge is 0.262 e. The van der Waals surface area contributed by atoms with Gasteiger partial charge >= 0.3 is 0 Å². The van der Waals surface area contributed by atoms with Crippen molar-refractivity contribution in [2.24, 2.45) is 4.99 Å². The molecule has 0 aliphatic heterocycles. The minimum Gasteiger partial charge on any atom is -0.483 e. The lowest BCUT2D eigenvalue weighted by atomic mass is 10.2. The molecule has 0 aromatic heterocycles. The van der Waals surface area contributed by atoms with E-state index in [9.17, 15) is 4.79 Å². The van der Waals surface area contributed by atoms with E-state index >= 15 is 0 Å². The Morgan fingerprint density at radius 2 is 1.52 bits per heavy atom. The standard InChI is InChI=1S/C27H21BrN2O3/c28-21-11-16-26(32-19-27(31)30-23-7-3-1-4-8-23)20(17-21)18-29-22-12-14-25(15-13-22)33-24-9-5-2-6-10-24/h1-18H,19H2,(H,30,31). The van der Waals surface area contributed by atoms with Gasteiger partial charge in [-0.05, 0) is 66.7 Å². The molecule has 0 radical (unpaired) electrons. The van der Waals surface area contributed by atoms with Crippen LogP contribution in [0.2, 0.25) is 0 Å². The van der Waals surface area contributed by atoms with Crippen LogP contribution in [-0.4, -0.2) is 18.7 Å². The third kappa shape index (κ3) is 6.79. The van der Waals surface area contributed by atoms with E-state index in [0.717, 1.165) is 32.9 Å². The van der Waals surface area contributed by atoms with Gasteiger partial charge in [0.05, 0.1) is 5.69 Å². The van der Waals surface area contributed by atoms with Crippen molar-refractivity contribution in [1.82, 2.24) is 0 Å². The van der Waals surface area contributed by atoms with Gasteiger partial charge in [0.25, 0.3) is 5.91 Å². The number of carbonyl (C=O) groups excluding carboxylic acids is 1. The van der Waals surface area contributed by atoms with Crippen LogP contribution in [0.1, 0.15) is 5.56 Å². The highest BCUT2D eigenvalue weighted by atomic mass is 79.9. The number of hydrogen-bond acceptors (Lipinski definition) is 4. The van der Waals surface area contributed by atoms with E-state index in [0.29, 0.717) is 5.75 Å². The van der Waals surface area contributed by atoms with Gasteiger partial charge in [-0.25, -0.2) is 0 Å². The second-order valence-corrected chi connectivity index (χ2v) is 7.97. The molecule has 33 heavy (non-hydrogen) atoms. The van der Waals surface area contributed by atoms with Gasteiger partial charge in [0.1, 0.15) is 17.2 Å². The number of nitrogens with one attached hydrogen (secondary N) is 1. The van der Waals surface area contributed by atoms with Gasteiger partial charge in [0, 0.05) is 21.9 Å². The number of anilines is 1. The molecule has 4 rings (SSSR count). The number of halogens is 1. The van der Waals surface area contributed by atoms with Crippen molar-refractivity contribution < 1.29 is 14.3 Å². The highest BCUT2D eigenvalue weighted by Crippen LogP contribution is 2.25. The number of aliphatic imine (C=N–C) groups is 1. The molecule has 4 aromatic rings. The van der Waals surface area contributed by atoms with Crippen LogP contribution >= 0.6 is 15.9 Å². The van der Waals surface area contributed by atoms with Crippen LogP contribution in [0.25, 0.3) is 0 Å². The molecule has 0 saturated heterocycles. The third-order valence-corrected chi connectivity index (χ3v) is 5.05. The zero-order valence-corrected chi connectivity index (χ0v) is 19.2. The molecule has 0 atom stereocenters. The molecule has 0 unspecified atom stereocenters. The maximum absolute atomic E-state index is 12.2. The van der Waals surface area contributed by atoms with E-state index in [2.05, 4.69) is 26.2 Å². The first-order valence-corrected chi connectivity index (χ1v) is 11.1. The molecular formula is C27H21BrN2O3. The minimum absolute atomic E-state index is 0.108. The molecule has 164 valence electrons. The van der Waals surface area contributed by atoms with E-state index in [1.807, 2.05) is 97.1 Å². The fraction of sp³-hybridized carbons (Fsp3) is 0.0370. The Labute approximate surface area is 200 Å². The normalized spacial score (nSPS) is 10.7. The Hall–Kier alpha value is -3.90. The van der Waals surface area contributed by atoms with E-state index in [1.165, 1.54) is 0 Å². The molecular weight excluding hydrogens is 480 g/mol. The van der Waals surface area contributed by atoms with Crippen molar-refractivity contribution in [3.63, 3.8) is 0 Å². The fourth-order valence-corrected chi connectivity index (χ4v) is 3.36. The lowest BCUT2D eigenvalue weighted by Crippen LogP contribution is -2.20. The molecule has 4 aromatic carbocycles. The molecule has 0 bridgehead atoms. The predicted octanol–water partition coefficient (Wildman–Crippen LogP) is 7.01. The van der Waals surface area contributed by atoms with Crippen molar-refractivity contribution >= 4 is 39.4 Å². The number of para-hydroxylation sites is 2. The Morgan fingerprint density at radius 3 is 2.24 bits per heavy atom. The number of ether oxygens (including phenoxy) is 2. The molecule has 0 saturated carbocycles. The summed E-state index contributed by atoms with van der Waals surface area (Å²) >= 11 is 3.47. The lowest BCUT2D eigenvalue weighted by Gasteiger charge is -2.10. The summed E-state index contributed by atoms with van der Waals surface area (Å²) < 4.78 is 12.5. The summed E-state index contributed by atoms with van der Waals surface area (Å²) in [6, 6.07) is 31.9. The van der Waals surface area contributed by atoms with Crippen LogP contribution in [0.3, 0.4) is 0 Å². The number of hydrogen-bond donors (Lipinski definition) is 1. The van der Waals surface area contributed by atoms with Crippen molar-refractivity contribution in [1.29, 1.82) is 0 Å². The summed E-state index contributed by atoms with van der Waals surface area (Å²) in [5.74, 6) is 1.84. The van der Waals surface area contributed by atoms with E-state index < -0.39 is 0 Å². The first kappa shape index (κ1) is 22.3. The first-order chi connectivity index (χ1) is 16.2. The Morgan fingerprint density at radius 1 is 0.848 bits per heavy atom. The van der Waals surface area contributed by atoms with Crippen molar-refractivity contribution in [3.8, 4) is 17.2 Å². The van der Waals surface area contributed by atoms with Gasteiger partial charge in [-0.2, -0.15) is 0 Å². The van der Waals surface area contributed by atoms with Gasteiger partial charge in [-0.3, -0.25) is 9.79 Å². The second-order valence-electron chi connectivity index (χ2n) is 7.05. The van der Waals surface area contributed by atoms with E-state index in [4.69, 9.17) is 9.47 Å². The Kier molecular flexibility index (Phi) is 7.51. The number of rotatable bonds is 8. The molecule has 0 fully saturated rings. The Bertz CT molecular complexity index is 1230. The summed E-state index contributed by atoms with van der Waals surface area (Å²) in [5, 5.41) is 2.80. The van der Waals surface area contributed by atoms with Gasteiger partial charge in [-0.15, -0.1) is 0 Å². The summed E-state index contributed by atoms with van der Waals surface area (Å²) in [6.07, 6.45) is 1.71. The van der Waals surface area contributed by atoms with Crippen LogP contribution in [0, 0.1) is 0 Å². The SMILES string of the molecule is O=C(COc1ccc(Br)cc1C=Nc1ccc(Oc2ccccc2)cc1)Nc1ccccc1. The third-order valence-electron chi connectivity index (χ3n) is 4.56. The maximum atomic E-state index is 12.2. The predicted molar refractivity (Wildman–Crippen MR) is 135 cm³/mol. The van der Waals surface area contributed by atoms with Crippen molar-refractivity contribution in [3.05, 3.63) is 113 Å². The number of amides is 1. The highest BCUT2D eigenvalue weighted by molar-refractivity contribution is 9.10. The summed E-state index contributed by atoms with van der Waals surface area (Å²) in [5.41, 5.74) is 2.24. The van der Waals surface area contributed by atoms with Crippen LogP contribution < -0.4 is 14.8 Å². The molecule has 0 spiro atoms. The van der Waals surface area contributed by atoms with Gasteiger partial charge in [0.2, 0.25) is 0 Å². The van der Waals surface area contributed by atoms with Gasteiger partial charge in [0.15, 0.2) is 6.61 Å². The van der Waals surface area contributed by atoms with Crippen molar-refractivity contribution in [2.75, 3.05) is 11.9 Å². The fourth-order valence-electron chi connectivity index (χ4n) is 2.98. The average molecular weight is 501 g/mol. The zero-order chi connectivity index (χ0) is 22.9. The summed E-state index contributed by atoms with van der Waals surface area (Å²) in [7, 11) is 0. The summed E-state index contributed by atoms with van der Waals surface area (Å²) in [4.78, 5) is 16.8. The van der Waals surface area contributed by atoms with Gasteiger partial charge in [-0.1, -0.05) is 52.3 Å². The van der Waals surface area contributed by atoms with E-state index in [1.54, 1.807) is 12.3 Å². The molecule has 0 aliphatic carbocycles. The van der Waals surface area contributed by atoms with E-state index in [-0.39, 0.29) is 12.5 Å². The molecule has 5 nitrogen and oxygen atoms in total. The highest BCUT2D eigenvalue weighted by Gasteiger charge is 2.07. The number of carbonyl (C=O) groups is 1. The van der Waals surface area contributed by atoms with Crippen molar-refractivity contribution in [2.45, 2.75) is 0 Å². The molecule has 1 amide bonds. The van der Waals surface area contributed by atoms with Crippen LogP contribution in [0.15, 0.2) is 113 Å². The zero-order valence-electron chi connectivity index (χ0n) is 17.6. The lowest BCUT2D eigenvalue weighted by molar-refractivity contribution is -0.118. The van der Waals surface area contributed by atoms with Gasteiger partial charge < -0.3 is 14.8 Å². The van der Waals surface area contributed by atoms with Crippen LogP contribution in [0.5, 0.6) is 17.2 Å². The molecule has 6 heteroatoms. The first-order valence-electron chi connectivity index (χ1n) is 10.3. The largest absolute Gasteiger partial charge is 0.483 e. The summed E-state index contributed by atoms with van der Waals surface area (Å²) in [6.45, 7) is -0.108. The maximum Gasteiger partial charge on any atom is 0.262 e. The number of nitrogens with zero attached hydrogens (tertiary/aromatic N) is 1. The Balaban J connectivity index is 1.40. The monoisotopic (exact) mass is 500 g/mol. The van der Waals surface area contributed by atoms with Crippen LogP contribution in [0.4, 0.5) is 11.4 Å². The minimum atomic E-state index is -0.235. The molecule has 0 aliphatic rings. The topological polar surface area (TPSA) is 59.9 Å². The molecule has 0 heterocycles. The quantitative estimate of drug-likeness (QED) is 0.264. The van der Waals surface area contributed by atoms with Crippen LogP contribution in [-0.2, 0) is 4.79 Å².